The summed E-state index contributed by atoms with van der Waals surface area (Å²) < 4.78 is 39.9. The molecule has 0 radical (unpaired) electrons. The number of hydrogen-bond acceptors (Lipinski definition) is 2. The van der Waals surface area contributed by atoms with Crippen molar-refractivity contribution in [1.82, 2.24) is 0 Å². The normalized spacial score (nSPS) is 14.8. The second-order valence-electron chi connectivity index (χ2n) is 4.64. The Balaban J connectivity index is 2.43. The molecule has 2 aromatic carbocycles. The molecule has 5 heteroatoms. The number of halogens is 3. The maximum Gasteiger partial charge on any atom is 0.421 e. The first-order valence-electron chi connectivity index (χ1n) is 6.02. The lowest BCUT2D eigenvalue weighted by Crippen LogP contribution is -2.44. The Morgan fingerprint density at radius 2 is 1.45 bits per heavy atom. The van der Waals surface area contributed by atoms with Gasteiger partial charge < -0.3 is 10.8 Å². The molecular formula is C15H14F3NO. The molecule has 0 saturated carbocycles. The zero-order valence-corrected chi connectivity index (χ0v) is 10.6. The number of rotatable bonds is 3. The van der Waals surface area contributed by atoms with Crippen molar-refractivity contribution in [2.75, 3.05) is 5.73 Å². The van der Waals surface area contributed by atoms with Gasteiger partial charge in [0.05, 0.1) is 0 Å². The van der Waals surface area contributed by atoms with Gasteiger partial charge in [-0.3, -0.25) is 0 Å². The molecule has 20 heavy (non-hydrogen) atoms. The van der Waals surface area contributed by atoms with E-state index in [0.717, 1.165) is 0 Å². The first-order valence-corrected chi connectivity index (χ1v) is 6.02. The second kappa shape index (κ2) is 5.17. The van der Waals surface area contributed by atoms with Crippen molar-refractivity contribution in [1.29, 1.82) is 0 Å². The van der Waals surface area contributed by atoms with Crippen LogP contribution in [0.4, 0.5) is 18.9 Å². The van der Waals surface area contributed by atoms with Crippen LogP contribution in [0.5, 0.6) is 0 Å². The minimum Gasteiger partial charge on any atom is -0.399 e. The number of nitrogens with two attached hydrogens (primary N) is 1. The third-order valence-electron chi connectivity index (χ3n) is 3.16. The van der Waals surface area contributed by atoms with Gasteiger partial charge in [0.2, 0.25) is 0 Å². The zero-order chi connectivity index (χ0) is 14.8. The van der Waals surface area contributed by atoms with E-state index in [1.165, 1.54) is 24.3 Å². The fourth-order valence-electron chi connectivity index (χ4n) is 2.02. The Morgan fingerprint density at radius 1 is 0.900 bits per heavy atom. The summed E-state index contributed by atoms with van der Waals surface area (Å²) in [5.41, 5.74) is 3.07. The van der Waals surface area contributed by atoms with Gasteiger partial charge in [-0.1, -0.05) is 42.5 Å². The minimum atomic E-state index is -4.78. The molecule has 2 rings (SSSR count). The summed E-state index contributed by atoms with van der Waals surface area (Å²) in [6, 6.07) is 13.2. The average molecular weight is 281 g/mol. The topological polar surface area (TPSA) is 46.2 Å². The van der Waals surface area contributed by atoms with Gasteiger partial charge in [0.25, 0.3) is 0 Å². The van der Waals surface area contributed by atoms with Crippen LogP contribution in [-0.4, -0.2) is 11.3 Å². The van der Waals surface area contributed by atoms with Gasteiger partial charge in [0.1, 0.15) is 0 Å². The Kier molecular flexibility index (Phi) is 3.72. The third kappa shape index (κ3) is 2.77. The molecule has 0 spiro atoms. The molecule has 0 fully saturated rings. The maximum absolute atomic E-state index is 13.3. The number of anilines is 1. The molecule has 0 amide bonds. The van der Waals surface area contributed by atoms with E-state index in [-0.39, 0.29) is 5.56 Å². The fraction of sp³-hybridized carbons (Fsp3) is 0.200. The van der Waals surface area contributed by atoms with Crippen molar-refractivity contribution in [3.63, 3.8) is 0 Å². The molecule has 1 unspecified atom stereocenters. The molecule has 0 aromatic heterocycles. The second-order valence-corrected chi connectivity index (χ2v) is 4.64. The highest BCUT2D eigenvalue weighted by molar-refractivity contribution is 5.42. The minimum absolute atomic E-state index is 0.219. The Hall–Kier alpha value is -2.01. The smallest absolute Gasteiger partial charge is 0.399 e. The monoisotopic (exact) mass is 281 g/mol. The summed E-state index contributed by atoms with van der Waals surface area (Å²) in [5, 5.41) is 10.2. The lowest BCUT2D eigenvalue weighted by atomic mass is 9.86. The van der Waals surface area contributed by atoms with Crippen molar-refractivity contribution in [3.05, 3.63) is 65.7 Å². The van der Waals surface area contributed by atoms with Crippen LogP contribution in [0.15, 0.2) is 54.6 Å². The molecule has 1 atom stereocenters. The van der Waals surface area contributed by atoms with Crippen LogP contribution in [0.3, 0.4) is 0 Å². The summed E-state index contributed by atoms with van der Waals surface area (Å²) in [6.45, 7) is 0. The fourth-order valence-corrected chi connectivity index (χ4v) is 2.02. The van der Waals surface area contributed by atoms with Crippen LogP contribution in [0.2, 0.25) is 0 Å². The SMILES string of the molecule is Nc1ccc(C(O)(Cc2ccccc2)C(F)(F)F)cc1. The highest BCUT2D eigenvalue weighted by Crippen LogP contribution is 2.41. The van der Waals surface area contributed by atoms with Crippen LogP contribution in [0.25, 0.3) is 0 Å². The van der Waals surface area contributed by atoms with E-state index in [9.17, 15) is 18.3 Å². The molecule has 0 bridgehead atoms. The summed E-state index contributed by atoms with van der Waals surface area (Å²) in [4.78, 5) is 0. The van der Waals surface area contributed by atoms with Crippen LogP contribution < -0.4 is 5.73 Å². The Labute approximate surface area is 114 Å². The standard InChI is InChI=1S/C15H14F3NO/c16-15(17,18)14(20,10-11-4-2-1-3-5-11)12-6-8-13(19)9-7-12/h1-9,20H,10,19H2. The van der Waals surface area contributed by atoms with Crippen LogP contribution in [0, 0.1) is 0 Å². The predicted molar refractivity (Wildman–Crippen MR) is 71.0 cm³/mol. The van der Waals surface area contributed by atoms with E-state index in [4.69, 9.17) is 5.73 Å². The van der Waals surface area contributed by atoms with E-state index in [1.807, 2.05) is 0 Å². The molecule has 0 aliphatic heterocycles. The lowest BCUT2D eigenvalue weighted by Gasteiger charge is -2.31. The highest BCUT2D eigenvalue weighted by atomic mass is 19.4. The van der Waals surface area contributed by atoms with Crippen LogP contribution in [-0.2, 0) is 12.0 Å². The van der Waals surface area contributed by atoms with E-state index < -0.39 is 18.2 Å². The molecule has 0 saturated heterocycles. The number of aliphatic hydroxyl groups is 1. The van der Waals surface area contributed by atoms with Gasteiger partial charge in [-0.25, -0.2) is 0 Å². The molecular weight excluding hydrogens is 267 g/mol. The number of alkyl halides is 3. The van der Waals surface area contributed by atoms with Crippen LogP contribution in [0.1, 0.15) is 11.1 Å². The number of hydrogen-bond donors (Lipinski definition) is 2. The van der Waals surface area contributed by atoms with Gasteiger partial charge in [0.15, 0.2) is 5.60 Å². The zero-order valence-electron chi connectivity index (χ0n) is 10.6. The van der Waals surface area contributed by atoms with Gasteiger partial charge in [-0.05, 0) is 23.3 Å². The molecule has 0 aliphatic rings. The Bertz CT molecular complexity index is 566. The van der Waals surface area contributed by atoms with E-state index >= 15 is 0 Å². The largest absolute Gasteiger partial charge is 0.421 e. The third-order valence-corrected chi connectivity index (χ3v) is 3.16. The Morgan fingerprint density at radius 3 is 1.95 bits per heavy atom. The number of nitrogen functional groups attached to an aromatic ring is 1. The quantitative estimate of drug-likeness (QED) is 0.848. The molecule has 3 N–H and O–H groups in total. The van der Waals surface area contributed by atoms with Gasteiger partial charge in [0, 0.05) is 12.1 Å². The van der Waals surface area contributed by atoms with Gasteiger partial charge in [-0.2, -0.15) is 13.2 Å². The molecule has 2 aromatic rings. The summed E-state index contributed by atoms with van der Waals surface area (Å²) in [5.74, 6) is 0. The molecule has 0 heterocycles. The molecule has 2 nitrogen and oxygen atoms in total. The van der Waals surface area contributed by atoms with E-state index in [0.29, 0.717) is 11.3 Å². The van der Waals surface area contributed by atoms with Crippen molar-refractivity contribution < 1.29 is 18.3 Å². The van der Waals surface area contributed by atoms with Crippen molar-refractivity contribution >= 4 is 5.69 Å². The van der Waals surface area contributed by atoms with Gasteiger partial charge in [-0.15, -0.1) is 0 Å². The number of benzene rings is 2. The van der Waals surface area contributed by atoms with Crippen molar-refractivity contribution in [2.24, 2.45) is 0 Å². The average Bonchev–Trinajstić information content (AvgIpc) is 2.39. The van der Waals surface area contributed by atoms with Crippen LogP contribution >= 0.6 is 0 Å². The maximum atomic E-state index is 13.3. The lowest BCUT2D eigenvalue weighted by molar-refractivity contribution is -0.266. The van der Waals surface area contributed by atoms with E-state index in [1.54, 1.807) is 30.3 Å². The summed E-state index contributed by atoms with van der Waals surface area (Å²) >= 11 is 0. The van der Waals surface area contributed by atoms with Crippen molar-refractivity contribution in [3.8, 4) is 0 Å². The molecule has 106 valence electrons. The van der Waals surface area contributed by atoms with E-state index in [2.05, 4.69) is 0 Å². The summed E-state index contributed by atoms with van der Waals surface area (Å²) in [6.07, 6.45) is -5.32. The first-order chi connectivity index (χ1) is 9.33. The first kappa shape index (κ1) is 14.4. The van der Waals surface area contributed by atoms with Crippen molar-refractivity contribution in [2.45, 2.75) is 18.2 Å². The highest BCUT2D eigenvalue weighted by Gasteiger charge is 2.54. The molecule has 0 aliphatic carbocycles. The predicted octanol–water partition coefficient (Wildman–Crippen LogP) is 3.26. The summed E-state index contributed by atoms with van der Waals surface area (Å²) in [7, 11) is 0. The van der Waals surface area contributed by atoms with Gasteiger partial charge >= 0.3 is 6.18 Å².